The van der Waals surface area contributed by atoms with Crippen molar-refractivity contribution in [2.24, 2.45) is 0 Å². The maximum absolute atomic E-state index is 13.2. The van der Waals surface area contributed by atoms with Gasteiger partial charge in [-0.05, 0) is 18.2 Å². The summed E-state index contributed by atoms with van der Waals surface area (Å²) >= 11 is 13.2. The molecule has 15 heteroatoms. The summed E-state index contributed by atoms with van der Waals surface area (Å²) in [6.07, 6.45) is -5.78. The summed E-state index contributed by atoms with van der Waals surface area (Å²) in [6.45, 7) is -0.144. The highest BCUT2D eigenvalue weighted by Crippen LogP contribution is 2.58. The van der Waals surface area contributed by atoms with E-state index in [0.29, 0.717) is 16.7 Å². The van der Waals surface area contributed by atoms with Crippen LogP contribution in [-0.4, -0.2) is 82.1 Å². The second-order valence-corrected chi connectivity index (χ2v) is 11.3. The molecule has 3 aromatic rings. The minimum Gasteiger partial charge on any atom is -0.480 e. The number of aliphatic carboxylic acids is 1. The van der Waals surface area contributed by atoms with Crippen LogP contribution in [0.5, 0.6) is 23.0 Å². The standard InChI is InChI=1S/C30H25Cl2NO12/c1-12(35)33-25-27(39)26(38)23(10-34)44-29(25)43-22-9-20-16(7-18(22)32)30(14-5-3-2-4-13(14)28(40)45-30)15-6-17(31)21(8-19(15)42-20)41-11-24(36)37/h2-9,23,25-27,29,34,38-39H,10-11H2,1H3,(H,33,35)(H,36,37)/t23-,25-,26-,27-,29-,30-/m1/s1. The molecule has 0 aliphatic carbocycles. The van der Waals surface area contributed by atoms with Crippen molar-refractivity contribution in [3.05, 3.63) is 80.8 Å². The number of fused-ring (bicyclic) bond motifs is 6. The molecule has 1 fully saturated rings. The van der Waals surface area contributed by atoms with Crippen molar-refractivity contribution in [2.45, 2.75) is 43.2 Å². The summed E-state index contributed by atoms with van der Waals surface area (Å²) in [7, 11) is 0. The normalized spacial score (nSPS) is 26.2. The van der Waals surface area contributed by atoms with E-state index in [9.17, 15) is 29.7 Å². The molecule has 3 aliphatic rings. The molecule has 0 radical (unpaired) electrons. The van der Waals surface area contributed by atoms with Crippen LogP contribution >= 0.6 is 23.2 Å². The Morgan fingerprint density at radius 3 is 2.27 bits per heavy atom. The van der Waals surface area contributed by atoms with Crippen LogP contribution in [0.4, 0.5) is 0 Å². The third kappa shape index (κ3) is 5.21. The Bertz CT molecular complexity index is 1720. The predicted octanol–water partition coefficient (Wildman–Crippen LogP) is 2.35. The Kier molecular flexibility index (Phi) is 8.01. The van der Waals surface area contributed by atoms with E-state index in [1.165, 1.54) is 31.2 Å². The number of hydrogen-bond donors (Lipinski definition) is 5. The molecule has 0 unspecified atom stereocenters. The van der Waals surface area contributed by atoms with Gasteiger partial charge in [0.15, 0.2) is 12.2 Å². The first-order chi connectivity index (χ1) is 21.4. The molecule has 5 N–H and O–H groups in total. The highest BCUT2D eigenvalue weighted by molar-refractivity contribution is 6.32. The van der Waals surface area contributed by atoms with E-state index in [1.807, 2.05) is 0 Å². The maximum Gasteiger partial charge on any atom is 0.341 e. The Morgan fingerprint density at radius 2 is 1.62 bits per heavy atom. The summed E-state index contributed by atoms with van der Waals surface area (Å²) in [5, 5.41) is 42.3. The highest BCUT2D eigenvalue weighted by atomic mass is 35.5. The molecular weight excluding hydrogens is 637 g/mol. The average molecular weight is 662 g/mol. The molecule has 3 heterocycles. The molecule has 45 heavy (non-hydrogen) atoms. The van der Waals surface area contributed by atoms with Gasteiger partial charge in [0.05, 0.1) is 22.2 Å². The van der Waals surface area contributed by atoms with Crippen molar-refractivity contribution in [3.8, 4) is 23.0 Å². The lowest BCUT2D eigenvalue weighted by molar-refractivity contribution is -0.244. The number of amides is 1. The van der Waals surface area contributed by atoms with Gasteiger partial charge in [0.25, 0.3) is 0 Å². The van der Waals surface area contributed by atoms with Gasteiger partial charge in [-0.15, -0.1) is 0 Å². The average Bonchev–Trinajstić information content (AvgIpc) is 3.29. The minimum absolute atomic E-state index is 0.00388. The molecular formula is C30H25Cl2NO12. The number of carbonyl (C=O) groups is 3. The number of nitrogens with one attached hydrogen (secondary N) is 1. The Hall–Kier alpha value is -4.11. The fraction of sp³-hybridized carbons (Fsp3) is 0.300. The van der Waals surface area contributed by atoms with Gasteiger partial charge in [0.2, 0.25) is 12.2 Å². The van der Waals surface area contributed by atoms with Crippen molar-refractivity contribution in [3.63, 3.8) is 0 Å². The number of carboxylic acid groups (broad SMARTS) is 1. The van der Waals surface area contributed by atoms with Crippen molar-refractivity contribution >= 4 is 41.0 Å². The second-order valence-electron chi connectivity index (χ2n) is 10.5. The molecule has 0 saturated carbocycles. The van der Waals surface area contributed by atoms with Gasteiger partial charge >= 0.3 is 11.9 Å². The van der Waals surface area contributed by atoms with Crippen molar-refractivity contribution < 1.29 is 58.5 Å². The van der Waals surface area contributed by atoms with Gasteiger partial charge < -0.3 is 49.4 Å². The fourth-order valence-corrected chi connectivity index (χ4v) is 6.13. The summed E-state index contributed by atoms with van der Waals surface area (Å²) in [5.74, 6) is -2.24. The number of hydrogen-bond acceptors (Lipinski definition) is 11. The van der Waals surface area contributed by atoms with Gasteiger partial charge in [0.1, 0.15) is 47.4 Å². The van der Waals surface area contributed by atoms with E-state index < -0.39 is 67.3 Å². The highest BCUT2D eigenvalue weighted by Gasteiger charge is 2.54. The number of carboxylic acids is 1. The third-order valence-electron chi connectivity index (χ3n) is 7.66. The first-order valence-corrected chi connectivity index (χ1v) is 14.3. The van der Waals surface area contributed by atoms with Crippen molar-refractivity contribution in [2.75, 3.05) is 13.2 Å². The summed E-state index contributed by atoms with van der Waals surface area (Å²) in [6, 6.07) is 11.1. The molecule has 0 bridgehead atoms. The number of aliphatic hydroxyl groups is 3. The Balaban J connectivity index is 1.47. The number of rotatable bonds is 7. The van der Waals surface area contributed by atoms with Crippen LogP contribution in [0.25, 0.3) is 0 Å². The Morgan fingerprint density at radius 1 is 0.978 bits per heavy atom. The minimum atomic E-state index is -1.60. The van der Waals surface area contributed by atoms with Crippen LogP contribution in [0.2, 0.25) is 10.0 Å². The Labute approximate surface area is 264 Å². The molecule has 3 aromatic carbocycles. The number of esters is 1. The lowest BCUT2D eigenvalue weighted by atomic mass is 9.77. The zero-order valence-corrected chi connectivity index (χ0v) is 24.7. The zero-order chi connectivity index (χ0) is 32.2. The monoisotopic (exact) mass is 661 g/mol. The van der Waals surface area contributed by atoms with E-state index in [2.05, 4.69) is 5.32 Å². The van der Waals surface area contributed by atoms with Gasteiger partial charge in [-0.2, -0.15) is 0 Å². The number of ether oxygens (including phenoxy) is 5. The van der Waals surface area contributed by atoms with Crippen LogP contribution in [0.15, 0.2) is 48.5 Å². The first-order valence-electron chi connectivity index (χ1n) is 13.5. The fourth-order valence-electron chi connectivity index (χ4n) is 5.71. The van der Waals surface area contributed by atoms with Crippen LogP contribution in [0, 0.1) is 0 Å². The molecule has 3 aliphatic heterocycles. The van der Waals surface area contributed by atoms with Crippen LogP contribution in [0.3, 0.4) is 0 Å². The van der Waals surface area contributed by atoms with E-state index >= 15 is 0 Å². The number of aliphatic hydroxyl groups excluding tert-OH is 3. The van der Waals surface area contributed by atoms with E-state index in [-0.39, 0.29) is 38.6 Å². The van der Waals surface area contributed by atoms with Gasteiger partial charge in [-0.25, -0.2) is 9.59 Å². The third-order valence-corrected chi connectivity index (χ3v) is 8.25. The number of carbonyl (C=O) groups excluding carboxylic acids is 2. The lowest BCUT2D eigenvalue weighted by Gasteiger charge is -2.42. The second kappa shape index (κ2) is 11.7. The molecule has 1 amide bonds. The van der Waals surface area contributed by atoms with Gasteiger partial charge in [-0.1, -0.05) is 41.4 Å². The number of benzene rings is 3. The quantitative estimate of drug-likeness (QED) is 0.233. The van der Waals surface area contributed by atoms with Crippen LogP contribution < -0.4 is 19.5 Å². The van der Waals surface area contributed by atoms with Crippen molar-refractivity contribution in [1.82, 2.24) is 5.32 Å². The summed E-state index contributed by atoms with van der Waals surface area (Å²) in [4.78, 5) is 36.2. The van der Waals surface area contributed by atoms with Gasteiger partial charge in [0, 0.05) is 35.7 Å². The summed E-state index contributed by atoms with van der Waals surface area (Å²) < 4.78 is 29.3. The molecule has 236 valence electrons. The molecule has 1 saturated heterocycles. The summed E-state index contributed by atoms with van der Waals surface area (Å²) in [5.41, 5.74) is -0.241. The number of halogens is 2. The van der Waals surface area contributed by atoms with Gasteiger partial charge in [-0.3, -0.25) is 4.79 Å². The topological polar surface area (TPSA) is 190 Å². The molecule has 1 spiro atoms. The SMILES string of the molecule is CC(=O)N[C@H]1[C@H](Oc2cc3c(cc2Cl)[C@]2(OC(=O)c4ccccc42)c2cc(Cl)c(OCC(=O)O)cc2O3)O[C@H](CO)[C@@H](O)[C@@H]1O. The lowest BCUT2D eigenvalue weighted by Crippen LogP contribution is -2.65. The van der Waals surface area contributed by atoms with E-state index in [1.54, 1.807) is 24.3 Å². The molecule has 13 nitrogen and oxygen atoms in total. The maximum atomic E-state index is 13.2. The smallest absolute Gasteiger partial charge is 0.341 e. The van der Waals surface area contributed by atoms with Crippen LogP contribution in [-0.2, 0) is 24.7 Å². The molecule has 6 rings (SSSR count). The molecule has 0 aromatic heterocycles. The van der Waals surface area contributed by atoms with Crippen molar-refractivity contribution in [1.29, 1.82) is 0 Å². The predicted molar refractivity (Wildman–Crippen MR) is 154 cm³/mol. The van der Waals surface area contributed by atoms with Crippen LogP contribution in [0.1, 0.15) is 34.0 Å². The largest absolute Gasteiger partial charge is 0.480 e. The first kappa shape index (κ1) is 30.9. The van der Waals surface area contributed by atoms with E-state index in [0.717, 1.165) is 0 Å². The zero-order valence-electron chi connectivity index (χ0n) is 23.2. The molecule has 6 atom stereocenters. The van der Waals surface area contributed by atoms with E-state index in [4.69, 9.17) is 52.0 Å².